The molecule has 0 fully saturated rings. The number of hydrogen-bond acceptors (Lipinski definition) is 2. The molecule has 0 radical (unpaired) electrons. The third kappa shape index (κ3) is 3.68. The Labute approximate surface area is 116 Å². The number of carbonyl (C=O) groups is 1. The maximum Gasteiger partial charge on any atom is 0.416 e. The molecule has 1 aromatic rings. The highest BCUT2D eigenvalue weighted by Crippen LogP contribution is 2.39. The van der Waals surface area contributed by atoms with Gasteiger partial charge in [-0.25, -0.2) is 0 Å². The first kappa shape index (κ1) is 17.3. The second kappa shape index (κ2) is 5.23. The summed E-state index contributed by atoms with van der Waals surface area (Å²) in [6, 6.07) is 1.05. The summed E-state index contributed by atoms with van der Waals surface area (Å²) in [6.07, 6.45) is -9.91. The van der Waals surface area contributed by atoms with Crippen molar-refractivity contribution in [3.05, 3.63) is 34.9 Å². The van der Waals surface area contributed by atoms with Gasteiger partial charge in [-0.05, 0) is 37.6 Å². The van der Waals surface area contributed by atoms with E-state index in [4.69, 9.17) is 0 Å². The molecule has 2 nitrogen and oxygen atoms in total. The fourth-order valence-electron chi connectivity index (χ4n) is 1.69. The van der Waals surface area contributed by atoms with Gasteiger partial charge in [0.1, 0.15) is 0 Å². The molecule has 0 bridgehead atoms. The first-order valence-electron chi connectivity index (χ1n) is 5.68. The molecule has 0 aliphatic carbocycles. The summed E-state index contributed by atoms with van der Waals surface area (Å²) in [5, 5.41) is 0. The average Bonchev–Trinajstić information content (AvgIpc) is 2.35. The van der Waals surface area contributed by atoms with Crippen molar-refractivity contribution in [1.82, 2.24) is 0 Å². The maximum atomic E-state index is 12.7. The van der Waals surface area contributed by atoms with Gasteiger partial charge in [-0.1, -0.05) is 0 Å². The minimum Gasteiger partial charge on any atom is -0.468 e. The number of methoxy groups -OCH3 is 1. The third-order valence-electron chi connectivity index (χ3n) is 3.01. The van der Waals surface area contributed by atoms with Crippen LogP contribution in [0.1, 0.15) is 30.5 Å². The van der Waals surface area contributed by atoms with Crippen molar-refractivity contribution < 1.29 is 35.9 Å². The second-order valence-corrected chi connectivity index (χ2v) is 4.91. The van der Waals surface area contributed by atoms with Crippen LogP contribution in [0.2, 0.25) is 0 Å². The van der Waals surface area contributed by atoms with E-state index in [9.17, 15) is 31.1 Å². The predicted molar refractivity (Wildman–Crippen MR) is 61.5 cm³/mol. The van der Waals surface area contributed by atoms with E-state index in [-0.39, 0.29) is 6.07 Å². The second-order valence-electron chi connectivity index (χ2n) is 4.91. The Balaban J connectivity index is 3.57. The minimum absolute atomic E-state index is 0.0108. The molecule has 21 heavy (non-hydrogen) atoms. The largest absolute Gasteiger partial charge is 0.468 e. The average molecular weight is 314 g/mol. The van der Waals surface area contributed by atoms with Crippen molar-refractivity contribution >= 4 is 5.97 Å². The van der Waals surface area contributed by atoms with Gasteiger partial charge in [0.2, 0.25) is 0 Å². The van der Waals surface area contributed by atoms with Gasteiger partial charge in [-0.15, -0.1) is 0 Å². The molecular formula is C13H12F6O2. The Kier molecular flexibility index (Phi) is 4.32. The fraction of sp³-hybridized carbons (Fsp3) is 0.462. The molecule has 0 N–H and O–H groups in total. The van der Waals surface area contributed by atoms with E-state index in [1.165, 1.54) is 13.8 Å². The Morgan fingerprint density at radius 2 is 1.19 bits per heavy atom. The standard InChI is InChI=1S/C13H12F6O2/c1-11(2,10(20)21-3)7-4-8(12(14,15)16)6-9(5-7)13(17,18)19/h4-6H,1-3H3. The molecule has 0 unspecified atom stereocenters. The summed E-state index contributed by atoms with van der Waals surface area (Å²) < 4.78 is 80.8. The zero-order valence-corrected chi connectivity index (χ0v) is 11.3. The first-order chi connectivity index (χ1) is 9.30. The Bertz CT molecular complexity index is 510. The lowest BCUT2D eigenvalue weighted by molar-refractivity contribution is -0.148. The molecule has 118 valence electrons. The van der Waals surface area contributed by atoms with Gasteiger partial charge >= 0.3 is 18.3 Å². The van der Waals surface area contributed by atoms with Gasteiger partial charge in [0.15, 0.2) is 0 Å². The van der Waals surface area contributed by atoms with Gasteiger partial charge in [-0.3, -0.25) is 4.79 Å². The van der Waals surface area contributed by atoms with Crippen molar-refractivity contribution in [3.63, 3.8) is 0 Å². The molecular weight excluding hydrogens is 302 g/mol. The van der Waals surface area contributed by atoms with Crippen LogP contribution in [0.15, 0.2) is 18.2 Å². The van der Waals surface area contributed by atoms with Crippen LogP contribution in [0.4, 0.5) is 26.3 Å². The summed E-state index contributed by atoms with van der Waals surface area (Å²) in [6.45, 7) is 2.38. The fourth-order valence-corrected chi connectivity index (χ4v) is 1.69. The van der Waals surface area contributed by atoms with E-state index in [1.807, 2.05) is 0 Å². The number of halogens is 6. The molecule has 1 rings (SSSR count). The molecule has 0 saturated carbocycles. The maximum absolute atomic E-state index is 12.7. The van der Waals surface area contributed by atoms with Crippen LogP contribution in [0.5, 0.6) is 0 Å². The van der Waals surface area contributed by atoms with Gasteiger partial charge in [0, 0.05) is 0 Å². The van der Waals surface area contributed by atoms with Crippen molar-refractivity contribution in [2.75, 3.05) is 7.11 Å². The molecule has 0 atom stereocenters. The van der Waals surface area contributed by atoms with E-state index in [0.29, 0.717) is 12.1 Å². The lowest BCUT2D eigenvalue weighted by Crippen LogP contribution is -2.31. The number of ether oxygens (including phenoxy) is 1. The summed E-state index contributed by atoms with van der Waals surface area (Å²) in [5.74, 6) is -0.935. The van der Waals surface area contributed by atoms with Gasteiger partial charge < -0.3 is 4.74 Å². The quantitative estimate of drug-likeness (QED) is 0.605. The number of rotatable bonds is 2. The zero-order valence-electron chi connectivity index (χ0n) is 11.3. The summed E-state index contributed by atoms with van der Waals surface area (Å²) in [7, 11) is 1.00. The molecule has 8 heteroatoms. The van der Waals surface area contributed by atoms with Crippen molar-refractivity contribution in [2.24, 2.45) is 0 Å². The predicted octanol–water partition coefficient (Wildman–Crippen LogP) is 4.17. The highest BCUT2D eigenvalue weighted by atomic mass is 19.4. The molecule has 0 saturated heterocycles. The first-order valence-corrected chi connectivity index (χ1v) is 5.68. The van der Waals surface area contributed by atoms with Crippen molar-refractivity contribution in [1.29, 1.82) is 0 Å². The highest BCUT2D eigenvalue weighted by molar-refractivity contribution is 5.82. The monoisotopic (exact) mass is 314 g/mol. The number of carbonyl (C=O) groups excluding carboxylic acids is 1. The normalized spacial score (nSPS) is 13.2. The molecule has 0 amide bonds. The van der Waals surface area contributed by atoms with E-state index < -0.39 is 40.4 Å². The van der Waals surface area contributed by atoms with Crippen molar-refractivity contribution in [3.8, 4) is 0 Å². The molecule has 0 aliphatic heterocycles. The number of esters is 1. The van der Waals surface area contributed by atoms with Crippen LogP contribution < -0.4 is 0 Å². The van der Waals surface area contributed by atoms with E-state index in [2.05, 4.69) is 4.74 Å². The van der Waals surface area contributed by atoms with Gasteiger partial charge in [0.25, 0.3) is 0 Å². The van der Waals surface area contributed by atoms with Gasteiger partial charge in [-0.2, -0.15) is 26.3 Å². The topological polar surface area (TPSA) is 26.3 Å². The molecule has 1 aromatic carbocycles. The number of alkyl halides is 6. The Morgan fingerprint density at radius 3 is 1.48 bits per heavy atom. The van der Waals surface area contributed by atoms with Crippen LogP contribution in [0, 0.1) is 0 Å². The summed E-state index contributed by atoms with van der Waals surface area (Å²) in [4.78, 5) is 11.6. The van der Waals surface area contributed by atoms with Crippen LogP contribution >= 0.6 is 0 Å². The number of benzene rings is 1. The molecule has 0 aliphatic rings. The SMILES string of the molecule is COC(=O)C(C)(C)c1cc(C(F)(F)F)cc(C(F)(F)F)c1. The lowest BCUT2D eigenvalue weighted by Gasteiger charge is -2.24. The minimum atomic E-state index is -4.96. The lowest BCUT2D eigenvalue weighted by atomic mass is 9.83. The van der Waals surface area contributed by atoms with E-state index >= 15 is 0 Å². The molecule has 0 spiro atoms. The molecule has 0 heterocycles. The smallest absolute Gasteiger partial charge is 0.416 e. The van der Waals surface area contributed by atoms with E-state index in [0.717, 1.165) is 7.11 Å². The van der Waals surface area contributed by atoms with Gasteiger partial charge in [0.05, 0.1) is 23.7 Å². The Morgan fingerprint density at radius 1 is 0.857 bits per heavy atom. The molecule has 0 aromatic heterocycles. The third-order valence-corrected chi connectivity index (χ3v) is 3.01. The van der Waals surface area contributed by atoms with Crippen molar-refractivity contribution in [2.45, 2.75) is 31.6 Å². The summed E-state index contributed by atoms with van der Waals surface area (Å²) in [5.41, 5.74) is -5.00. The summed E-state index contributed by atoms with van der Waals surface area (Å²) >= 11 is 0. The zero-order chi connectivity index (χ0) is 16.6. The Hall–Kier alpha value is -1.73. The highest BCUT2D eigenvalue weighted by Gasteiger charge is 2.40. The van der Waals surface area contributed by atoms with Crippen LogP contribution in [0.3, 0.4) is 0 Å². The van der Waals surface area contributed by atoms with Crippen LogP contribution in [0.25, 0.3) is 0 Å². The number of hydrogen-bond donors (Lipinski definition) is 0. The van der Waals surface area contributed by atoms with E-state index in [1.54, 1.807) is 0 Å². The van der Waals surface area contributed by atoms with Crippen LogP contribution in [-0.4, -0.2) is 13.1 Å². The van der Waals surface area contributed by atoms with Crippen LogP contribution in [-0.2, 0) is 27.3 Å².